The van der Waals surface area contributed by atoms with Crippen molar-refractivity contribution < 1.29 is 18.3 Å². The molecule has 1 N–H and O–H groups in total. The number of hydrogen-bond acceptors (Lipinski definition) is 4. The van der Waals surface area contributed by atoms with E-state index in [4.69, 9.17) is 4.74 Å². The molecule has 4 nitrogen and oxygen atoms in total. The van der Waals surface area contributed by atoms with E-state index < -0.39 is 11.6 Å². The highest BCUT2D eigenvalue weighted by Gasteiger charge is 2.09. The van der Waals surface area contributed by atoms with Crippen molar-refractivity contribution in [3.05, 3.63) is 64.5 Å². The Balaban J connectivity index is 1.56. The molecule has 0 bridgehead atoms. The zero-order chi connectivity index (χ0) is 18.5. The number of thiazole rings is 1. The van der Waals surface area contributed by atoms with Gasteiger partial charge in [-0.2, -0.15) is 0 Å². The lowest BCUT2D eigenvalue weighted by Gasteiger charge is -2.04. The van der Waals surface area contributed by atoms with Crippen molar-refractivity contribution in [1.29, 1.82) is 0 Å². The number of amides is 1. The van der Waals surface area contributed by atoms with E-state index in [9.17, 15) is 13.6 Å². The average molecular weight is 374 g/mol. The van der Waals surface area contributed by atoms with Crippen molar-refractivity contribution >= 4 is 22.9 Å². The molecule has 0 atom stereocenters. The first-order valence-electron chi connectivity index (χ1n) is 7.89. The molecule has 3 rings (SSSR count). The molecule has 1 aromatic heterocycles. The van der Waals surface area contributed by atoms with Gasteiger partial charge < -0.3 is 10.1 Å². The minimum absolute atomic E-state index is 0.203. The van der Waals surface area contributed by atoms with Crippen LogP contribution < -0.4 is 10.1 Å². The fraction of sp³-hybridized carbons (Fsp3) is 0.158. The minimum atomic E-state index is -0.994. The zero-order valence-electron chi connectivity index (χ0n) is 14.0. The second-order valence-corrected chi connectivity index (χ2v) is 6.47. The largest absolute Gasteiger partial charge is 0.497 e. The molecule has 3 aromatic rings. The number of methoxy groups -OCH3 is 1. The number of anilines is 1. The van der Waals surface area contributed by atoms with Crippen LogP contribution in [0, 0.1) is 11.6 Å². The molecule has 0 radical (unpaired) electrons. The third-order valence-electron chi connectivity index (χ3n) is 3.71. The van der Waals surface area contributed by atoms with E-state index >= 15 is 0 Å². The molecule has 1 amide bonds. The fourth-order valence-corrected chi connectivity index (χ4v) is 3.15. The maximum absolute atomic E-state index is 13.1. The van der Waals surface area contributed by atoms with Crippen LogP contribution in [0.1, 0.15) is 11.4 Å². The van der Waals surface area contributed by atoms with Gasteiger partial charge in [-0.15, -0.1) is 11.3 Å². The maximum Gasteiger partial charge on any atom is 0.224 e. The normalized spacial score (nSPS) is 10.6. The van der Waals surface area contributed by atoms with Gasteiger partial charge in [-0.25, -0.2) is 13.8 Å². The van der Waals surface area contributed by atoms with E-state index in [2.05, 4.69) is 10.3 Å². The van der Waals surface area contributed by atoms with Crippen LogP contribution in [0.5, 0.6) is 5.75 Å². The van der Waals surface area contributed by atoms with E-state index in [1.165, 1.54) is 17.4 Å². The van der Waals surface area contributed by atoms with Crippen molar-refractivity contribution in [1.82, 2.24) is 4.98 Å². The summed E-state index contributed by atoms with van der Waals surface area (Å²) in [6, 6.07) is 10.8. The van der Waals surface area contributed by atoms with Gasteiger partial charge in [0.1, 0.15) is 5.75 Å². The number of benzene rings is 2. The van der Waals surface area contributed by atoms with Crippen LogP contribution in [0.2, 0.25) is 0 Å². The molecule has 0 saturated heterocycles. The van der Waals surface area contributed by atoms with Crippen LogP contribution >= 0.6 is 11.3 Å². The molecule has 0 saturated carbocycles. The number of nitrogens with one attached hydrogen (secondary N) is 1. The van der Waals surface area contributed by atoms with E-state index in [0.29, 0.717) is 6.42 Å². The third-order valence-corrected chi connectivity index (χ3v) is 4.62. The summed E-state index contributed by atoms with van der Waals surface area (Å²) in [5, 5.41) is 5.31. The molecule has 0 unspecified atom stereocenters. The molecule has 7 heteroatoms. The highest BCUT2D eigenvalue weighted by molar-refractivity contribution is 7.09. The molecule has 0 fully saturated rings. The highest BCUT2D eigenvalue weighted by Crippen LogP contribution is 2.24. The van der Waals surface area contributed by atoms with Crippen molar-refractivity contribution in [2.45, 2.75) is 12.8 Å². The lowest BCUT2D eigenvalue weighted by atomic mass is 10.2. The predicted octanol–water partition coefficient (Wildman–Crippen LogP) is 4.67. The summed E-state index contributed by atoms with van der Waals surface area (Å²) < 4.78 is 31.2. The van der Waals surface area contributed by atoms with E-state index in [0.717, 1.165) is 34.1 Å². The van der Waals surface area contributed by atoms with Crippen molar-refractivity contribution in [2.75, 3.05) is 12.4 Å². The average Bonchev–Trinajstić information content (AvgIpc) is 3.12. The number of hydrogen-bond donors (Lipinski definition) is 1. The Morgan fingerprint density at radius 3 is 2.62 bits per heavy atom. The number of rotatable bonds is 6. The standard InChI is InChI=1S/C19H16F2N2O2S/c1-25-14-5-2-12(3-6-14)17-11-26-19(23-17)9-8-18(24)22-13-4-7-15(20)16(21)10-13/h2-7,10-11H,8-9H2,1H3,(H,22,24). The van der Waals surface area contributed by atoms with Gasteiger partial charge in [0.05, 0.1) is 17.8 Å². The Morgan fingerprint density at radius 2 is 1.92 bits per heavy atom. The number of halogens is 2. The molecule has 0 aliphatic heterocycles. The second kappa shape index (κ2) is 8.05. The molecule has 134 valence electrons. The SMILES string of the molecule is COc1ccc(-c2csc(CCC(=O)Nc3ccc(F)c(F)c3)n2)cc1. The summed E-state index contributed by atoms with van der Waals surface area (Å²) in [4.78, 5) is 16.5. The van der Waals surface area contributed by atoms with Crippen LogP contribution in [-0.2, 0) is 11.2 Å². The molecule has 0 aliphatic carbocycles. The van der Waals surface area contributed by atoms with Crippen LogP contribution in [0.25, 0.3) is 11.3 Å². The quantitative estimate of drug-likeness (QED) is 0.682. The van der Waals surface area contributed by atoms with Crippen molar-refractivity contribution in [3.63, 3.8) is 0 Å². The summed E-state index contributed by atoms with van der Waals surface area (Å²) in [5.41, 5.74) is 2.04. The Bertz CT molecular complexity index is 910. The summed E-state index contributed by atoms with van der Waals surface area (Å²) in [6.45, 7) is 0. The summed E-state index contributed by atoms with van der Waals surface area (Å²) in [5.74, 6) is -1.45. The maximum atomic E-state index is 13.1. The number of ether oxygens (including phenoxy) is 1. The minimum Gasteiger partial charge on any atom is -0.497 e. The Kier molecular flexibility index (Phi) is 5.58. The van der Waals surface area contributed by atoms with Crippen LogP contribution in [0.15, 0.2) is 47.8 Å². The Labute approximate surface area is 153 Å². The highest BCUT2D eigenvalue weighted by atomic mass is 32.1. The van der Waals surface area contributed by atoms with E-state index in [1.54, 1.807) is 7.11 Å². The second-order valence-electron chi connectivity index (χ2n) is 5.53. The fourth-order valence-electron chi connectivity index (χ4n) is 2.34. The first-order valence-corrected chi connectivity index (χ1v) is 8.77. The zero-order valence-corrected chi connectivity index (χ0v) is 14.8. The first-order chi connectivity index (χ1) is 12.5. The monoisotopic (exact) mass is 374 g/mol. The van der Waals surface area contributed by atoms with Crippen molar-refractivity contribution in [3.8, 4) is 17.0 Å². The molecular formula is C19H16F2N2O2S. The molecule has 0 aliphatic rings. The lowest BCUT2D eigenvalue weighted by molar-refractivity contribution is -0.116. The summed E-state index contributed by atoms with van der Waals surface area (Å²) in [6.07, 6.45) is 0.672. The van der Waals surface area contributed by atoms with Gasteiger partial charge in [-0.05, 0) is 36.4 Å². The van der Waals surface area contributed by atoms with Crippen LogP contribution in [0.3, 0.4) is 0 Å². The number of carbonyl (C=O) groups is 1. The van der Waals surface area contributed by atoms with Crippen molar-refractivity contribution in [2.24, 2.45) is 0 Å². The topological polar surface area (TPSA) is 51.2 Å². The van der Waals surface area contributed by atoms with Gasteiger partial charge in [-0.3, -0.25) is 4.79 Å². The van der Waals surface area contributed by atoms with Gasteiger partial charge in [0.2, 0.25) is 5.91 Å². The van der Waals surface area contributed by atoms with Crippen LogP contribution in [0.4, 0.5) is 14.5 Å². The number of aryl methyl sites for hydroxylation is 1. The summed E-state index contributed by atoms with van der Waals surface area (Å²) in [7, 11) is 1.61. The molecular weight excluding hydrogens is 358 g/mol. The molecule has 2 aromatic carbocycles. The predicted molar refractivity (Wildman–Crippen MR) is 97.4 cm³/mol. The van der Waals surface area contributed by atoms with Gasteiger partial charge in [-0.1, -0.05) is 0 Å². The Morgan fingerprint density at radius 1 is 1.15 bits per heavy atom. The molecule has 1 heterocycles. The smallest absolute Gasteiger partial charge is 0.224 e. The molecule has 26 heavy (non-hydrogen) atoms. The van der Waals surface area contributed by atoms with E-state index in [-0.39, 0.29) is 18.0 Å². The summed E-state index contributed by atoms with van der Waals surface area (Å²) >= 11 is 1.48. The van der Waals surface area contributed by atoms with Gasteiger partial charge in [0, 0.05) is 35.5 Å². The lowest BCUT2D eigenvalue weighted by Crippen LogP contribution is -2.12. The third kappa shape index (κ3) is 4.43. The number of nitrogens with zero attached hydrogens (tertiary/aromatic N) is 1. The van der Waals surface area contributed by atoms with Crippen LogP contribution in [-0.4, -0.2) is 18.0 Å². The van der Waals surface area contributed by atoms with E-state index in [1.807, 2.05) is 29.6 Å². The van der Waals surface area contributed by atoms with Gasteiger partial charge in [0.25, 0.3) is 0 Å². The first kappa shape index (κ1) is 18.0. The Hall–Kier alpha value is -2.80. The molecule has 0 spiro atoms. The number of aromatic nitrogens is 1. The number of carbonyl (C=O) groups excluding carboxylic acids is 1. The van der Waals surface area contributed by atoms with Gasteiger partial charge >= 0.3 is 0 Å². The van der Waals surface area contributed by atoms with Gasteiger partial charge in [0.15, 0.2) is 11.6 Å².